The summed E-state index contributed by atoms with van der Waals surface area (Å²) in [4.78, 5) is 9.79. The highest BCUT2D eigenvalue weighted by molar-refractivity contribution is 6.31. The van der Waals surface area contributed by atoms with E-state index in [9.17, 15) is 14.5 Å². The fourth-order valence-electron chi connectivity index (χ4n) is 1.80. The quantitative estimate of drug-likeness (QED) is 0.675. The molecule has 0 aliphatic carbocycles. The van der Waals surface area contributed by atoms with Gasteiger partial charge in [-0.1, -0.05) is 23.7 Å². The van der Waals surface area contributed by atoms with Crippen LogP contribution in [0.1, 0.15) is 11.1 Å². The molecule has 0 aromatic heterocycles. The average molecular weight is 295 g/mol. The number of rotatable bonds is 4. The van der Waals surface area contributed by atoms with Crippen molar-refractivity contribution in [2.24, 2.45) is 0 Å². The number of anilines is 1. The Kier molecular flexibility index (Phi) is 4.20. The fourth-order valence-corrected chi connectivity index (χ4v) is 1.98. The average Bonchev–Trinajstić information content (AvgIpc) is 2.40. The molecule has 0 amide bonds. The molecule has 2 rings (SSSR count). The Hall–Kier alpha value is -2.14. The van der Waals surface area contributed by atoms with E-state index in [1.807, 2.05) is 19.1 Å². The summed E-state index contributed by atoms with van der Waals surface area (Å²) in [6.07, 6.45) is 0. The third-order valence-corrected chi connectivity index (χ3v) is 3.37. The molecule has 6 heteroatoms. The van der Waals surface area contributed by atoms with Gasteiger partial charge in [-0.25, -0.2) is 0 Å². The summed E-state index contributed by atoms with van der Waals surface area (Å²) < 4.78 is 13.5. The maximum absolute atomic E-state index is 13.5. The van der Waals surface area contributed by atoms with E-state index in [1.165, 1.54) is 6.07 Å². The predicted octanol–water partition coefficient (Wildman–Crippen LogP) is 4.31. The molecule has 0 fully saturated rings. The van der Waals surface area contributed by atoms with E-state index in [-0.39, 0.29) is 0 Å². The standard InChI is InChI=1S/C14H12ClFN2O2/c1-9-11(15)3-2-4-13(9)17-8-10-5-6-14(18(19)20)12(16)7-10/h2-7,17H,8H2,1H3. The Morgan fingerprint density at radius 2 is 2.10 bits per heavy atom. The molecule has 2 aromatic carbocycles. The summed E-state index contributed by atoms with van der Waals surface area (Å²) in [7, 11) is 0. The van der Waals surface area contributed by atoms with Crippen LogP contribution < -0.4 is 5.32 Å². The van der Waals surface area contributed by atoms with Gasteiger partial charge in [0.2, 0.25) is 5.82 Å². The minimum Gasteiger partial charge on any atom is -0.381 e. The van der Waals surface area contributed by atoms with Crippen molar-refractivity contribution in [2.75, 3.05) is 5.32 Å². The SMILES string of the molecule is Cc1c(Cl)cccc1NCc1ccc([N+](=O)[O-])c(F)c1. The smallest absolute Gasteiger partial charge is 0.304 e. The van der Waals surface area contributed by atoms with Crippen molar-refractivity contribution in [3.63, 3.8) is 0 Å². The van der Waals surface area contributed by atoms with E-state index in [0.717, 1.165) is 23.4 Å². The summed E-state index contributed by atoms with van der Waals surface area (Å²) in [5.74, 6) is -0.836. The van der Waals surface area contributed by atoms with Crippen LogP contribution in [0.15, 0.2) is 36.4 Å². The molecule has 0 bridgehead atoms. The Labute approximate surface area is 120 Å². The maximum Gasteiger partial charge on any atom is 0.304 e. The minimum atomic E-state index is -0.836. The van der Waals surface area contributed by atoms with E-state index >= 15 is 0 Å². The molecule has 104 valence electrons. The molecule has 1 N–H and O–H groups in total. The first-order valence-electron chi connectivity index (χ1n) is 5.91. The van der Waals surface area contributed by atoms with Crippen molar-refractivity contribution in [2.45, 2.75) is 13.5 Å². The van der Waals surface area contributed by atoms with Crippen molar-refractivity contribution in [3.05, 3.63) is 68.5 Å². The first-order chi connectivity index (χ1) is 9.49. The molecule has 0 saturated heterocycles. The second-order valence-electron chi connectivity index (χ2n) is 4.31. The van der Waals surface area contributed by atoms with Gasteiger partial charge in [-0.2, -0.15) is 4.39 Å². The van der Waals surface area contributed by atoms with Crippen LogP contribution >= 0.6 is 11.6 Å². The van der Waals surface area contributed by atoms with Gasteiger partial charge in [0, 0.05) is 23.3 Å². The molecule has 2 aromatic rings. The first kappa shape index (κ1) is 14.3. The lowest BCUT2D eigenvalue weighted by atomic mass is 10.1. The largest absolute Gasteiger partial charge is 0.381 e. The third-order valence-electron chi connectivity index (χ3n) is 2.96. The van der Waals surface area contributed by atoms with Gasteiger partial charge in [0.05, 0.1) is 4.92 Å². The van der Waals surface area contributed by atoms with Gasteiger partial charge in [-0.3, -0.25) is 10.1 Å². The zero-order valence-electron chi connectivity index (χ0n) is 10.7. The van der Waals surface area contributed by atoms with Crippen LogP contribution in [0.25, 0.3) is 0 Å². The molecule has 0 unspecified atom stereocenters. The van der Waals surface area contributed by atoms with E-state index in [4.69, 9.17) is 11.6 Å². The highest BCUT2D eigenvalue weighted by Crippen LogP contribution is 2.24. The summed E-state index contributed by atoms with van der Waals surface area (Å²) in [5.41, 5.74) is 1.84. The maximum atomic E-state index is 13.5. The Bertz CT molecular complexity index is 662. The second-order valence-corrected chi connectivity index (χ2v) is 4.72. The third kappa shape index (κ3) is 3.05. The second kappa shape index (κ2) is 5.88. The van der Waals surface area contributed by atoms with Crippen LogP contribution in [0, 0.1) is 22.9 Å². The van der Waals surface area contributed by atoms with Gasteiger partial charge in [0.15, 0.2) is 0 Å². The van der Waals surface area contributed by atoms with E-state index in [2.05, 4.69) is 5.32 Å². The van der Waals surface area contributed by atoms with Crippen LogP contribution in [0.3, 0.4) is 0 Å². The minimum absolute atomic E-state index is 0.357. The Balaban J connectivity index is 2.13. The zero-order valence-corrected chi connectivity index (χ0v) is 11.4. The van der Waals surface area contributed by atoms with Crippen molar-refractivity contribution < 1.29 is 9.31 Å². The molecule has 0 saturated carbocycles. The molecule has 0 radical (unpaired) electrons. The number of nitro benzene ring substituents is 1. The lowest BCUT2D eigenvalue weighted by Gasteiger charge is -2.10. The van der Waals surface area contributed by atoms with Gasteiger partial charge in [0.1, 0.15) is 0 Å². The summed E-state index contributed by atoms with van der Waals surface area (Å²) in [6.45, 7) is 2.23. The van der Waals surface area contributed by atoms with Crippen molar-refractivity contribution in [1.82, 2.24) is 0 Å². The molecular formula is C14H12ClFN2O2. The van der Waals surface area contributed by atoms with E-state index in [0.29, 0.717) is 17.1 Å². The van der Waals surface area contributed by atoms with Crippen molar-refractivity contribution >= 4 is 23.0 Å². The number of halogens is 2. The topological polar surface area (TPSA) is 55.2 Å². The van der Waals surface area contributed by atoms with Gasteiger partial charge in [-0.15, -0.1) is 0 Å². The fraction of sp³-hybridized carbons (Fsp3) is 0.143. The molecule has 0 spiro atoms. The number of nitrogens with zero attached hydrogens (tertiary/aromatic N) is 1. The zero-order chi connectivity index (χ0) is 14.7. The van der Waals surface area contributed by atoms with Gasteiger partial charge in [0.25, 0.3) is 0 Å². The molecule has 20 heavy (non-hydrogen) atoms. The highest BCUT2D eigenvalue weighted by atomic mass is 35.5. The van der Waals surface area contributed by atoms with Gasteiger partial charge < -0.3 is 5.32 Å². The molecular weight excluding hydrogens is 283 g/mol. The van der Waals surface area contributed by atoms with Crippen molar-refractivity contribution in [3.8, 4) is 0 Å². The Morgan fingerprint density at radius 3 is 2.75 bits per heavy atom. The van der Waals surface area contributed by atoms with Gasteiger partial charge >= 0.3 is 5.69 Å². The molecule has 0 atom stereocenters. The summed E-state index contributed by atoms with van der Waals surface area (Å²) in [6, 6.07) is 9.31. The van der Waals surface area contributed by atoms with E-state index < -0.39 is 16.4 Å². The van der Waals surface area contributed by atoms with Crippen molar-refractivity contribution in [1.29, 1.82) is 0 Å². The number of nitrogens with one attached hydrogen (secondary N) is 1. The molecule has 0 aliphatic heterocycles. The number of nitro groups is 1. The van der Waals surface area contributed by atoms with Crippen LogP contribution in [-0.4, -0.2) is 4.92 Å². The first-order valence-corrected chi connectivity index (χ1v) is 6.28. The van der Waals surface area contributed by atoms with Gasteiger partial charge in [-0.05, 0) is 36.2 Å². The number of hydrogen-bond donors (Lipinski definition) is 1. The molecule has 0 aliphatic rings. The highest BCUT2D eigenvalue weighted by Gasteiger charge is 2.13. The lowest BCUT2D eigenvalue weighted by molar-refractivity contribution is -0.387. The molecule has 0 heterocycles. The van der Waals surface area contributed by atoms with Crippen LogP contribution in [0.4, 0.5) is 15.8 Å². The normalized spacial score (nSPS) is 10.3. The van der Waals surface area contributed by atoms with Crippen LogP contribution in [0.2, 0.25) is 5.02 Å². The van der Waals surface area contributed by atoms with E-state index in [1.54, 1.807) is 6.07 Å². The van der Waals surface area contributed by atoms with Crippen LogP contribution in [0.5, 0.6) is 0 Å². The lowest BCUT2D eigenvalue weighted by Crippen LogP contribution is -2.02. The molecule has 4 nitrogen and oxygen atoms in total. The predicted molar refractivity (Wildman–Crippen MR) is 76.6 cm³/mol. The number of hydrogen-bond acceptors (Lipinski definition) is 3. The summed E-state index contributed by atoms with van der Waals surface area (Å²) >= 11 is 6.00. The van der Waals surface area contributed by atoms with Crippen LogP contribution in [-0.2, 0) is 6.54 Å². The monoisotopic (exact) mass is 294 g/mol. The summed E-state index contributed by atoms with van der Waals surface area (Å²) in [5, 5.41) is 14.3. The Morgan fingerprint density at radius 1 is 1.35 bits per heavy atom. The number of benzene rings is 2.